The van der Waals surface area contributed by atoms with Gasteiger partial charge in [0.05, 0.1) is 30.2 Å². The number of nitriles is 3. The molecule has 1 N–H and O–H groups in total. The van der Waals surface area contributed by atoms with Crippen LogP contribution in [0.15, 0.2) is 0 Å². The van der Waals surface area contributed by atoms with Gasteiger partial charge in [0.1, 0.15) is 0 Å². The molecule has 3 aliphatic rings. The van der Waals surface area contributed by atoms with Crippen LogP contribution in [0.5, 0.6) is 0 Å². The Kier molecular flexibility index (Phi) is 3.90. The van der Waals surface area contributed by atoms with Crippen molar-refractivity contribution >= 4 is 5.90 Å². The molecule has 0 aromatic heterocycles. The fraction of sp³-hybridized carbons (Fsp3) is 0.750. The van der Waals surface area contributed by atoms with Gasteiger partial charge in [-0.3, -0.25) is 5.41 Å². The molecule has 6 heteroatoms. The quantitative estimate of drug-likeness (QED) is 0.857. The first-order valence-electron chi connectivity index (χ1n) is 7.62. The first-order valence-corrected chi connectivity index (χ1v) is 7.62. The van der Waals surface area contributed by atoms with E-state index < -0.39 is 28.6 Å². The maximum Gasteiger partial charge on any atom is 0.215 e. The van der Waals surface area contributed by atoms with Crippen molar-refractivity contribution in [1.29, 1.82) is 21.2 Å². The molecule has 0 aromatic rings. The second-order valence-corrected chi connectivity index (χ2v) is 6.14. The Morgan fingerprint density at radius 1 is 1.09 bits per heavy atom. The van der Waals surface area contributed by atoms with E-state index in [0.29, 0.717) is 12.8 Å². The zero-order chi connectivity index (χ0) is 16.6. The number of rotatable bonds is 4. The summed E-state index contributed by atoms with van der Waals surface area (Å²) in [5.74, 6) is -2.09. The van der Waals surface area contributed by atoms with Crippen LogP contribution in [-0.4, -0.2) is 17.8 Å². The van der Waals surface area contributed by atoms with E-state index in [1.165, 1.54) is 0 Å². The Hall–Kier alpha value is -2.10. The van der Waals surface area contributed by atoms with Crippen LogP contribution in [0.1, 0.15) is 46.5 Å². The summed E-state index contributed by atoms with van der Waals surface area (Å²) in [6.07, 6.45) is 1.79. The maximum atomic E-state index is 9.85. The summed E-state index contributed by atoms with van der Waals surface area (Å²) in [4.78, 5) is 0. The van der Waals surface area contributed by atoms with E-state index in [2.05, 4.69) is 18.2 Å². The number of ether oxygens (including phenoxy) is 2. The van der Waals surface area contributed by atoms with Crippen molar-refractivity contribution < 1.29 is 9.47 Å². The van der Waals surface area contributed by atoms with Gasteiger partial charge in [-0.15, -0.1) is 0 Å². The predicted octanol–water partition coefficient (Wildman–Crippen LogP) is 2.87. The number of hydrogen-bond donors (Lipinski definition) is 1. The Morgan fingerprint density at radius 3 is 2.14 bits per heavy atom. The zero-order valence-electron chi connectivity index (χ0n) is 13.1. The first kappa shape index (κ1) is 16.3. The van der Waals surface area contributed by atoms with Crippen molar-refractivity contribution in [3.63, 3.8) is 0 Å². The van der Waals surface area contributed by atoms with Gasteiger partial charge in [-0.2, -0.15) is 15.8 Å². The van der Waals surface area contributed by atoms with Gasteiger partial charge in [-0.05, 0) is 12.8 Å². The highest BCUT2D eigenvalue weighted by Gasteiger charge is 2.78. The second-order valence-electron chi connectivity index (χ2n) is 6.14. The van der Waals surface area contributed by atoms with E-state index >= 15 is 0 Å². The molecular formula is C16H20N4O2. The lowest BCUT2D eigenvalue weighted by Crippen LogP contribution is -2.74. The molecular weight excluding hydrogens is 280 g/mol. The summed E-state index contributed by atoms with van der Waals surface area (Å²) in [6, 6.07) is 6.24. The highest BCUT2D eigenvalue weighted by Crippen LogP contribution is 2.63. The minimum Gasteiger partial charge on any atom is -0.448 e. The first-order chi connectivity index (χ1) is 10.4. The van der Waals surface area contributed by atoms with Gasteiger partial charge >= 0.3 is 0 Å². The van der Waals surface area contributed by atoms with Crippen LogP contribution in [-0.2, 0) is 9.47 Å². The molecule has 3 rings (SSSR count). The number of nitrogens with zero attached hydrogens (tertiary/aromatic N) is 3. The number of hydrogen-bond acceptors (Lipinski definition) is 6. The molecule has 0 amide bonds. The molecule has 116 valence electrons. The molecule has 0 aliphatic carbocycles. The van der Waals surface area contributed by atoms with Crippen molar-refractivity contribution in [2.24, 2.45) is 16.7 Å². The molecule has 0 unspecified atom stereocenters. The third-order valence-electron chi connectivity index (χ3n) is 4.96. The van der Waals surface area contributed by atoms with Gasteiger partial charge in [-0.1, -0.05) is 26.7 Å². The summed E-state index contributed by atoms with van der Waals surface area (Å²) in [6.45, 7) is 5.56. The summed E-state index contributed by atoms with van der Waals surface area (Å²) in [7, 11) is 0. The van der Waals surface area contributed by atoms with E-state index in [-0.39, 0.29) is 5.90 Å². The summed E-state index contributed by atoms with van der Waals surface area (Å²) in [5, 5.41) is 37.8. The topological polar surface area (TPSA) is 114 Å². The monoisotopic (exact) mass is 300 g/mol. The van der Waals surface area contributed by atoms with Gasteiger partial charge in [-0.25, -0.2) is 0 Å². The molecule has 0 radical (unpaired) electrons. The molecule has 3 heterocycles. The van der Waals surface area contributed by atoms with Crippen LogP contribution in [0.3, 0.4) is 0 Å². The average Bonchev–Trinajstić information content (AvgIpc) is 2.49. The standard InChI is InChI=1S/C16H20N4O2/c1-4-6-11-14(3)21-12(7-5-2)16(10-19,13(20)22-14)15(11,8-17)9-18/h11-12,20H,4-7H2,1-3H3/t11-,12-,14-,16-/m1/s1. The van der Waals surface area contributed by atoms with E-state index in [1.807, 2.05) is 13.8 Å². The van der Waals surface area contributed by atoms with Crippen LogP contribution in [0.2, 0.25) is 0 Å². The molecule has 4 atom stereocenters. The molecule has 6 nitrogen and oxygen atoms in total. The van der Waals surface area contributed by atoms with Crippen LogP contribution in [0.4, 0.5) is 0 Å². The SMILES string of the molecule is CCC[C@H]1C(C#N)(C#N)[C@@]2(C#N)C(=N)O[C@@]1(C)O[C@@H]2CCC. The molecule has 3 aliphatic heterocycles. The van der Waals surface area contributed by atoms with Crippen molar-refractivity contribution in [3.8, 4) is 18.2 Å². The number of nitrogens with one attached hydrogen (secondary N) is 1. The lowest BCUT2D eigenvalue weighted by Gasteiger charge is -2.61. The Balaban J connectivity index is 2.75. The van der Waals surface area contributed by atoms with E-state index in [9.17, 15) is 15.8 Å². The summed E-state index contributed by atoms with van der Waals surface area (Å²) < 4.78 is 11.6. The largest absolute Gasteiger partial charge is 0.448 e. The second kappa shape index (κ2) is 5.27. The summed E-state index contributed by atoms with van der Waals surface area (Å²) >= 11 is 0. The molecule has 3 saturated heterocycles. The Morgan fingerprint density at radius 2 is 1.68 bits per heavy atom. The van der Waals surface area contributed by atoms with Crippen molar-refractivity contribution in [3.05, 3.63) is 0 Å². The molecule has 22 heavy (non-hydrogen) atoms. The van der Waals surface area contributed by atoms with Gasteiger partial charge in [0, 0.05) is 6.92 Å². The van der Waals surface area contributed by atoms with Crippen LogP contribution in [0, 0.1) is 56.2 Å². The van der Waals surface area contributed by atoms with E-state index in [4.69, 9.17) is 14.9 Å². The van der Waals surface area contributed by atoms with E-state index in [1.54, 1.807) is 6.92 Å². The Bertz CT molecular complexity index is 597. The molecule has 2 bridgehead atoms. The van der Waals surface area contributed by atoms with E-state index in [0.717, 1.165) is 12.8 Å². The van der Waals surface area contributed by atoms with Gasteiger partial charge < -0.3 is 9.47 Å². The molecule has 0 aromatic carbocycles. The fourth-order valence-electron chi connectivity index (χ4n) is 3.95. The average molecular weight is 300 g/mol. The molecule has 0 spiro atoms. The van der Waals surface area contributed by atoms with Crippen LogP contribution in [0.25, 0.3) is 0 Å². The zero-order valence-corrected chi connectivity index (χ0v) is 13.1. The maximum absolute atomic E-state index is 9.85. The smallest absolute Gasteiger partial charge is 0.215 e. The minimum absolute atomic E-state index is 0.308. The van der Waals surface area contributed by atoms with Gasteiger partial charge in [0.15, 0.2) is 10.8 Å². The van der Waals surface area contributed by atoms with Gasteiger partial charge in [0.25, 0.3) is 0 Å². The lowest BCUT2D eigenvalue weighted by molar-refractivity contribution is -0.340. The third kappa shape index (κ3) is 1.64. The van der Waals surface area contributed by atoms with Crippen molar-refractivity contribution in [1.82, 2.24) is 0 Å². The van der Waals surface area contributed by atoms with Gasteiger partial charge in [0.2, 0.25) is 11.7 Å². The van der Waals surface area contributed by atoms with Crippen LogP contribution >= 0.6 is 0 Å². The summed E-state index contributed by atoms with van der Waals surface area (Å²) in [5.41, 5.74) is -3.29. The van der Waals surface area contributed by atoms with Crippen LogP contribution < -0.4 is 0 Å². The van der Waals surface area contributed by atoms with Crippen molar-refractivity contribution in [2.45, 2.75) is 58.3 Å². The molecule has 0 saturated carbocycles. The Labute approximate surface area is 130 Å². The lowest BCUT2D eigenvalue weighted by atomic mass is 9.50. The normalized spacial score (nSPS) is 38.5. The highest BCUT2D eigenvalue weighted by molar-refractivity contribution is 5.88. The number of fused-ring (bicyclic) bond motifs is 3. The fourth-order valence-corrected chi connectivity index (χ4v) is 3.95. The molecule has 3 fully saturated rings. The predicted molar refractivity (Wildman–Crippen MR) is 77.1 cm³/mol. The third-order valence-corrected chi connectivity index (χ3v) is 4.96. The highest BCUT2D eigenvalue weighted by atomic mass is 16.7. The minimum atomic E-state index is -1.66. The van der Waals surface area contributed by atoms with Crippen molar-refractivity contribution in [2.75, 3.05) is 0 Å².